The third kappa shape index (κ3) is 4.39. The standard InChI is InChI=1S/C24H24N2O3S/c1-17-12-14-21(15-13-17)30(28,29)26-20-9-4-8-19(16-20)24(27)25-23-11-5-7-18-6-2-3-10-22(18)23/h2-4,6,8-10,12-16,23,26H,5,7,11H2,1H3,(H,25,27)/t23-/m1/s1. The molecule has 0 aromatic heterocycles. The third-order valence-corrected chi connectivity index (χ3v) is 6.78. The molecule has 1 amide bonds. The Morgan fingerprint density at radius 1 is 0.967 bits per heavy atom. The predicted octanol–water partition coefficient (Wildman–Crippen LogP) is 4.60. The fraction of sp³-hybridized carbons (Fsp3) is 0.208. The van der Waals surface area contributed by atoms with E-state index in [2.05, 4.69) is 22.2 Å². The zero-order chi connectivity index (χ0) is 21.1. The van der Waals surface area contributed by atoms with Crippen LogP contribution in [0.5, 0.6) is 0 Å². The van der Waals surface area contributed by atoms with Crippen molar-refractivity contribution in [3.63, 3.8) is 0 Å². The second kappa shape index (κ2) is 8.32. The van der Waals surface area contributed by atoms with Crippen molar-refractivity contribution in [3.8, 4) is 0 Å². The minimum atomic E-state index is -3.72. The smallest absolute Gasteiger partial charge is 0.261 e. The molecule has 0 heterocycles. The van der Waals surface area contributed by atoms with Gasteiger partial charge in [-0.15, -0.1) is 0 Å². The lowest BCUT2D eigenvalue weighted by Gasteiger charge is -2.26. The number of sulfonamides is 1. The Bertz CT molecular complexity index is 1170. The summed E-state index contributed by atoms with van der Waals surface area (Å²) in [6, 6.07) is 21.3. The number of fused-ring (bicyclic) bond motifs is 1. The van der Waals surface area contributed by atoms with Gasteiger partial charge in [0.05, 0.1) is 10.9 Å². The van der Waals surface area contributed by atoms with Gasteiger partial charge < -0.3 is 5.32 Å². The second-order valence-corrected chi connectivity index (χ2v) is 9.30. The van der Waals surface area contributed by atoms with Gasteiger partial charge in [-0.2, -0.15) is 0 Å². The van der Waals surface area contributed by atoms with Crippen molar-refractivity contribution in [1.29, 1.82) is 0 Å². The molecule has 0 spiro atoms. The first-order valence-corrected chi connectivity index (χ1v) is 11.5. The van der Waals surface area contributed by atoms with Crippen LogP contribution >= 0.6 is 0 Å². The highest BCUT2D eigenvalue weighted by Crippen LogP contribution is 2.29. The van der Waals surface area contributed by atoms with Crippen molar-refractivity contribution in [2.75, 3.05) is 4.72 Å². The molecule has 0 bridgehead atoms. The van der Waals surface area contributed by atoms with Crippen LogP contribution in [0.4, 0.5) is 5.69 Å². The van der Waals surface area contributed by atoms with E-state index in [0.717, 1.165) is 30.4 Å². The molecule has 6 heteroatoms. The SMILES string of the molecule is Cc1ccc(S(=O)(=O)Nc2cccc(C(=O)N[C@@H]3CCCc4ccccc43)c2)cc1. The van der Waals surface area contributed by atoms with Crippen molar-refractivity contribution in [2.45, 2.75) is 37.1 Å². The molecule has 3 aromatic carbocycles. The lowest BCUT2D eigenvalue weighted by molar-refractivity contribution is 0.0932. The van der Waals surface area contributed by atoms with E-state index in [1.54, 1.807) is 48.5 Å². The van der Waals surface area contributed by atoms with Crippen LogP contribution < -0.4 is 10.0 Å². The quantitative estimate of drug-likeness (QED) is 0.633. The van der Waals surface area contributed by atoms with Crippen LogP contribution in [-0.2, 0) is 16.4 Å². The molecular weight excluding hydrogens is 396 g/mol. The largest absolute Gasteiger partial charge is 0.345 e. The summed E-state index contributed by atoms with van der Waals surface area (Å²) in [6.45, 7) is 1.90. The minimum absolute atomic E-state index is 0.0321. The number of nitrogens with one attached hydrogen (secondary N) is 2. The number of carbonyl (C=O) groups is 1. The summed E-state index contributed by atoms with van der Waals surface area (Å²) >= 11 is 0. The number of benzene rings is 3. The maximum atomic E-state index is 12.9. The molecule has 5 nitrogen and oxygen atoms in total. The molecule has 0 unspecified atom stereocenters. The van der Waals surface area contributed by atoms with E-state index in [1.807, 2.05) is 19.1 Å². The van der Waals surface area contributed by atoms with Gasteiger partial charge in [-0.3, -0.25) is 9.52 Å². The van der Waals surface area contributed by atoms with Crippen LogP contribution in [0.2, 0.25) is 0 Å². The number of hydrogen-bond acceptors (Lipinski definition) is 3. The summed E-state index contributed by atoms with van der Waals surface area (Å²) in [7, 11) is -3.72. The normalized spacial score (nSPS) is 15.8. The molecule has 1 aliphatic carbocycles. The highest BCUT2D eigenvalue weighted by Gasteiger charge is 2.22. The molecule has 0 saturated heterocycles. The van der Waals surface area contributed by atoms with Crippen LogP contribution in [0.25, 0.3) is 0 Å². The minimum Gasteiger partial charge on any atom is -0.345 e. The van der Waals surface area contributed by atoms with Crippen LogP contribution in [0.1, 0.15) is 45.9 Å². The van der Waals surface area contributed by atoms with Crippen LogP contribution in [0.3, 0.4) is 0 Å². The van der Waals surface area contributed by atoms with E-state index in [4.69, 9.17) is 0 Å². The summed E-state index contributed by atoms with van der Waals surface area (Å²) in [4.78, 5) is 13.0. The Morgan fingerprint density at radius 2 is 1.73 bits per heavy atom. The lowest BCUT2D eigenvalue weighted by atomic mass is 9.87. The van der Waals surface area contributed by atoms with Crippen molar-refractivity contribution >= 4 is 21.6 Å². The Kier molecular flexibility index (Phi) is 5.59. The zero-order valence-corrected chi connectivity index (χ0v) is 17.6. The number of anilines is 1. The first-order chi connectivity index (χ1) is 14.4. The van der Waals surface area contributed by atoms with E-state index in [9.17, 15) is 13.2 Å². The maximum Gasteiger partial charge on any atom is 0.261 e. The van der Waals surface area contributed by atoms with Gasteiger partial charge in [0.25, 0.3) is 15.9 Å². The van der Waals surface area contributed by atoms with Gasteiger partial charge in [0, 0.05) is 11.3 Å². The molecule has 1 atom stereocenters. The first kappa shape index (κ1) is 20.2. The molecule has 1 aliphatic rings. The van der Waals surface area contributed by atoms with Gasteiger partial charge in [0.15, 0.2) is 0 Å². The summed E-state index contributed by atoms with van der Waals surface area (Å²) < 4.78 is 27.8. The molecule has 30 heavy (non-hydrogen) atoms. The van der Waals surface area contributed by atoms with E-state index in [1.165, 1.54) is 5.56 Å². The average molecular weight is 421 g/mol. The van der Waals surface area contributed by atoms with Gasteiger partial charge in [-0.1, -0.05) is 48.0 Å². The van der Waals surface area contributed by atoms with Gasteiger partial charge in [-0.05, 0) is 67.6 Å². The topological polar surface area (TPSA) is 75.3 Å². The molecule has 3 aromatic rings. The Labute approximate surface area is 177 Å². The van der Waals surface area contributed by atoms with E-state index >= 15 is 0 Å². The fourth-order valence-corrected chi connectivity index (χ4v) is 4.85. The highest BCUT2D eigenvalue weighted by molar-refractivity contribution is 7.92. The highest BCUT2D eigenvalue weighted by atomic mass is 32.2. The van der Waals surface area contributed by atoms with Gasteiger partial charge in [-0.25, -0.2) is 8.42 Å². The summed E-state index contributed by atoms with van der Waals surface area (Å²) in [5, 5.41) is 3.10. The molecule has 0 aliphatic heterocycles. The Hall–Kier alpha value is -3.12. The monoisotopic (exact) mass is 420 g/mol. The summed E-state index contributed by atoms with van der Waals surface area (Å²) in [5.74, 6) is -0.215. The Balaban J connectivity index is 1.51. The van der Waals surface area contributed by atoms with Crippen molar-refractivity contribution < 1.29 is 13.2 Å². The Morgan fingerprint density at radius 3 is 2.53 bits per heavy atom. The number of carbonyl (C=O) groups excluding carboxylic acids is 1. The summed E-state index contributed by atoms with van der Waals surface area (Å²) in [6.07, 6.45) is 2.94. The molecule has 2 N–H and O–H groups in total. The van der Waals surface area contributed by atoms with Gasteiger partial charge >= 0.3 is 0 Å². The van der Waals surface area contributed by atoms with Crippen LogP contribution in [-0.4, -0.2) is 14.3 Å². The summed E-state index contributed by atoms with van der Waals surface area (Å²) in [5.41, 5.74) is 4.19. The van der Waals surface area contributed by atoms with E-state index in [-0.39, 0.29) is 16.8 Å². The molecular formula is C24H24N2O3S. The van der Waals surface area contributed by atoms with E-state index < -0.39 is 10.0 Å². The number of rotatable bonds is 5. The predicted molar refractivity (Wildman–Crippen MR) is 118 cm³/mol. The molecule has 0 fully saturated rings. The molecule has 0 radical (unpaired) electrons. The zero-order valence-electron chi connectivity index (χ0n) is 16.8. The van der Waals surface area contributed by atoms with Crippen molar-refractivity contribution in [1.82, 2.24) is 5.32 Å². The first-order valence-electron chi connectivity index (χ1n) is 10.0. The fourth-order valence-electron chi connectivity index (χ4n) is 3.80. The van der Waals surface area contributed by atoms with E-state index in [0.29, 0.717) is 11.3 Å². The maximum absolute atomic E-state index is 12.9. The third-order valence-electron chi connectivity index (χ3n) is 5.38. The molecule has 4 rings (SSSR count). The average Bonchev–Trinajstić information content (AvgIpc) is 2.74. The molecule has 154 valence electrons. The lowest BCUT2D eigenvalue weighted by Crippen LogP contribution is -2.31. The number of amides is 1. The molecule has 0 saturated carbocycles. The van der Waals surface area contributed by atoms with Gasteiger partial charge in [0.1, 0.15) is 0 Å². The number of hydrogen-bond donors (Lipinski definition) is 2. The van der Waals surface area contributed by atoms with Crippen molar-refractivity contribution in [3.05, 3.63) is 95.1 Å². The van der Waals surface area contributed by atoms with Crippen molar-refractivity contribution in [2.24, 2.45) is 0 Å². The van der Waals surface area contributed by atoms with Crippen LogP contribution in [0, 0.1) is 6.92 Å². The van der Waals surface area contributed by atoms with Gasteiger partial charge in [0.2, 0.25) is 0 Å². The van der Waals surface area contributed by atoms with Crippen LogP contribution in [0.15, 0.2) is 77.7 Å². The number of aryl methyl sites for hydroxylation is 2. The second-order valence-electron chi connectivity index (χ2n) is 7.62.